The van der Waals surface area contributed by atoms with E-state index in [4.69, 9.17) is 16.3 Å². The van der Waals surface area contributed by atoms with Crippen molar-refractivity contribution < 1.29 is 14.3 Å². The number of nitrogens with zero attached hydrogens (tertiary/aromatic N) is 1. The van der Waals surface area contributed by atoms with Crippen LogP contribution in [0.15, 0.2) is 84.0 Å². The summed E-state index contributed by atoms with van der Waals surface area (Å²) < 4.78 is 5.53. The third kappa shape index (κ3) is 6.97. The molecule has 0 fully saturated rings. The van der Waals surface area contributed by atoms with Gasteiger partial charge in [0.25, 0.3) is 11.8 Å². The van der Waals surface area contributed by atoms with E-state index in [-0.39, 0.29) is 24.5 Å². The Morgan fingerprint density at radius 2 is 1.77 bits per heavy atom. The summed E-state index contributed by atoms with van der Waals surface area (Å²) in [6.07, 6.45) is 1.51. The zero-order valence-electron chi connectivity index (χ0n) is 16.9. The van der Waals surface area contributed by atoms with Crippen molar-refractivity contribution in [1.82, 2.24) is 10.7 Å². The lowest BCUT2D eigenvalue weighted by Crippen LogP contribution is -2.31. The number of hydrogen-bond donors (Lipinski definition) is 2. The number of benzene rings is 3. The van der Waals surface area contributed by atoms with Gasteiger partial charge in [-0.05, 0) is 60.5 Å². The van der Waals surface area contributed by atoms with Crippen molar-refractivity contribution in [3.63, 3.8) is 0 Å². The Morgan fingerprint density at radius 3 is 2.48 bits per heavy atom. The highest BCUT2D eigenvalue weighted by Gasteiger charge is 2.09. The second-order valence-corrected chi connectivity index (χ2v) is 7.20. The molecule has 31 heavy (non-hydrogen) atoms. The molecule has 0 heterocycles. The van der Waals surface area contributed by atoms with Crippen LogP contribution in [-0.4, -0.2) is 24.6 Å². The Hall–Kier alpha value is -3.64. The lowest BCUT2D eigenvalue weighted by Gasteiger charge is -2.14. The van der Waals surface area contributed by atoms with Gasteiger partial charge < -0.3 is 10.1 Å². The van der Waals surface area contributed by atoms with E-state index in [1.807, 2.05) is 37.3 Å². The van der Waals surface area contributed by atoms with Crippen LogP contribution < -0.4 is 15.5 Å². The zero-order valence-corrected chi connectivity index (χ0v) is 17.7. The lowest BCUT2D eigenvalue weighted by atomic mass is 10.1. The minimum absolute atomic E-state index is 0.0830. The van der Waals surface area contributed by atoms with Crippen LogP contribution in [0.1, 0.15) is 34.5 Å². The number of hydrogen-bond acceptors (Lipinski definition) is 4. The van der Waals surface area contributed by atoms with Gasteiger partial charge in [-0.3, -0.25) is 9.59 Å². The molecule has 6 nitrogen and oxygen atoms in total. The molecule has 0 aliphatic rings. The summed E-state index contributed by atoms with van der Waals surface area (Å²) in [6, 6.07) is 23.2. The Morgan fingerprint density at radius 1 is 1.03 bits per heavy atom. The summed E-state index contributed by atoms with van der Waals surface area (Å²) in [7, 11) is 0. The molecule has 158 valence electrons. The van der Waals surface area contributed by atoms with Gasteiger partial charge in [0, 0.05) is 10.6 Å². The molecule has 2 amide bonds. The van der Waals surface area contributed by atoms with E-state index in [2.05, 4.69) is 15.8 Å². The summed E-state index contributed by atoms with van der Waals surface area (Å²) in [4.78, 5) is 24.1. The number of halogens is 1. The molecule has 0 spiro atoms. The van der Waals surface area contributed by atoms with E-state index >= 15 is 0 Å². The largest absolute Gasteiger partial charge is 0.484 e. The van der Waals surface area contributed by atoms with Crippen molar-refractivity contribution in [3.05, 3.63) is 101 Å². The molecule has 0 aliphatic carbocycles. The number of carbonyl (C=O) groups is 2. The van der Waals surface area contributed by atoms with E-state index in [0.717, 1.165) is 11.1 Å². The first-order valence-corrected chi connectivity index (χ1v) is 10.1. The number of nitrogens with one attached hydrogen (secondary N) is 2. The van der Waals surface area contributed by atoms with Crippen molar-refractivity contribution in [3.8, 4) is 5.75 Å². The number of ether oxygens (including phenoxy) is 1. The standard InChI is InChI=1S/C24H22ClN3O3/c1-17(19-6-3-2-4-7-19)27-23(29)16-31-22-12-10-18(11-13-22)15-26-28-24(30)20-8-5-9-21(25)14-20/h2-15,17H,16H2,1H3,(H,27,29)(H,28,30)/b26-15-/t17-/m0/s1. The molecule has 0 aromatic heterocycles. The van der Waals surface area contributed by atoms with Crippen molar-refractivity contribution in [2.75, 3.05) is 6.61 Å². The van der Waals surface area contributed by atoms with Gasteiger partial charge in [-0.15, -0.1) is 0 Å². The molecule has 0 saturated carbocycles. The Bertz CT molecular complexity index is 1050. The molecule has 0 radical (unpaired) electrons. The van der Waals surface area contributed by atoms with Gasteiger partial charge in [-0.25, -0.2) is 5.43 Å². The van der Waals surface area contributed by atoms with E-state index in [1.165, 1.54) is 6.21 Å². The fraction of sp³-hybridized carbons (Fsp3) is 0.125. The minimum Gasteiger partial charge on any atom is -0.484 e. The maximum Gasteiger partial charge on any atom is 0.271 e. The molecule has 0 aliphatic heterocycles. The molecule has 0 saturated heterocycles. The summed E-state index contributed by atoms with van der Waals surface area (Å²) >= 11 is 5.88. The second-order valence-electron chi connectivity index (χ2n) is 6.77. The van der Waals surface area contributed by atoms with Crippen LogP contribution in [0.5, 0.6) is 5.75 Å². The molecule has 2 N–H and O–H groups in total. The molecule has 7 heteroatoms. The Kier molecular flexibility index (Phi) is 7.79. The minimum atomic E-state index is -0.352. The van der Waals surface area contributed by atoms with Crippen LogP contribution in [0.4, 0.5) is 0 Å². The average molecular weight is 436 g/mol. The van der Waals surface area contributed by atoms with Gasteiger partial charge in [0.05, 0.1) is 12.3 Å². The Labute approximate surface area is 185 Å². The van der Waals surface area contributed by atoms with Crippen molar-refractivity contribution in [1.29, 1.82) is 0 Å². The fourth-order valence-corrected chi connectivity index (χ4v) is 2.96. The number of hydrazone groups is 1. The van der Waals surface area contributed by atoms with Crippen LogP contribution in [0.25, 0.3) is 0 Å². The highest BCUT2D eigenvalue weighted by Crippen LogP contribution is 2.13. The average Bonchev–Trinajstić information content (AvgIpc) is 2.79. The van der Waals surface area contributed by atoms with Crippen LogP contribution in [0.3, 0.4) is 0 Å². The maximum absolute atomic E-state index is 12.1. The van der Waals surface area contributed by atoms with Crippen molar-refractivity contribution in [2.45, 2.75) is 13.0 Å². The fourth-order valence-electron chi connectivity index (χ4n) is 2.77. The van der Waals surface area contributed by atoms with Crippen LogP contribution >= 0.6 is 11.6 Å². The summed E-state index contributed by atoms with van der Waals surface area (Å²) in [5.41, 5.74) is 4.67. The van der Waals surface area contributed by atoms with Gasteiger partial charge in [0.1, 0.15) is 5.75 Å². The molecule has 3 aromatic carbocycles. The SMILES string of the molecule is C[C@H](NC(=O)COc1ccc(/C=N\NC(=O)c2cccc(Cl)c2)cc1)c1ccccc1. The van der Waals surface area contributed by atoms with Crippen molar-refractivity contribution in [2.24, 2.45) is 5.10 Å². The Balaban J connectivity index is 1.45. The van der Waals surface area contributed by atoms with Gasteiger partial charge in [0.2, 0.25) is 0 Å². The van der Waals surface area contributed by atoms with Crippen LogP contribution in [-0.2, 0) is 4.79 Å². The number of amides is 2. The first-order chi connectivity index (χ1) is 15.0. The van der Waals surface area contributed by atoms with Crippen molar-refractivity contribution >= 4 is 29.6 Å². The van der Waals surface area contributed by atoms with E-state index < -0.39 is 0 Å². The smallest absolute Gasteiger partial charge is 0.271 e. The molecular weight excluding hydrogens is 414 g/mol. The number of rotatable bonds is 8. The van der Waals surface area contributed by atoms with Crippen LogP contribution in [0.2, 0.25) is 5.02 Å². The number of carbonyl (C=O) groups excluding carboxylic acids is 2. The van der Waals surface area contributed by atoms with Gasteiger partial charge in [0.15, 0.2) is 6.61 Å². The summed E-state index contributed by atoms with van der Waals surface area (Å²) in [5, 5.41) is 7.32. The topological polar surface area (TPSA) is 79.8 Å². The highest BCUT2D eigenvalue weighted by molar-refractivity contribution is 6.30. The van der Waals surface area contributed by atoms with Gasteiger partial charge >= 0.3 is 0 Å². The quantitative estimate of drug-likeness (QED) is 0.407. The lowest BCUT2D eigenvalue weighted by molar-refractivity contribution is -0.123. The first kappa shape index (κ1) is 22.1. The van der Waals surface area contributed by atoms with E-state index in [0.29, 0.717) is 16.3 Å². The monoisotopic (exact) mass is 435 g/mol. The second kappa shape index (κ2) is 10.9. The van der Waals surface area contributed by atoms with E-state index in [9.17, 15) is 9.59 Å². The first-order valence-electron chi connectivity index (χ1n) is 9.67. The third-order valence-electron chi connectivity index (χ3n) is 4.39. The summed E-state index contributed by atoms with van der Waals surface area (Å²) in [5.74, 6) is 0.00259. The van der Waals surface area contributed by atoms with E-state index in [1.54, 1.807) is 48.5 Å². The van der Waals surface area contributed by atoms with Gasteiger partial charge in [-0.1, -0.05) is 48.0 Å². The third-order valence-corrected chi connectivity index (χ3v) is 4.63. The molecule has 3 aromatic rings. The molecular formula is C24H22ClN3O3. The summed E-state index contributed by atoms with van der Waals surface area (Å²) in [6.45, 7) is 1.84. The predicted octanol–water partition coefficient (Wildman–Crippen LogP) is 4.36. The molecule has 1 atom stereocenters. The predicted molar refractivity (Wildman–Crippen MR) is 121 cm³/mol. The maximum atomic E-state index is 12.1. The highest BCUT2D eigenvalue weighted by atomic mass is 35.5. The van der Waals surface area contributed by atoms with Crippen LogP contribution in [0, 0.1) is 0 Å². The molecule has 0 unspecified atom stereocenters. The van der Waals surface area contributed by atoms with Gasteiger partial charge in [-0.2, -0.15) is 5.10 Å². The normalized spacial score (nSPS) is 11.7. The molecule has 0 bridgehead atoms. The zero-order chi connectivity index (χ0) is 22.1. The molecule has 3 rings (SSSR count).